The van der Waals surface area contributed by atoms with Crippen molar-refractivity contribution in [2.24, 2.45) is 0 Å². The van der Waals surface area contributed by atoms with Gasteiger partial charge in [0, 0.05) is 6.54 Å². The first-order valence-corrected chi connectivity index (χ1v) is 12.4. The molecule has 0 aliphatic heterocycles. The van der Waals surface area contributed by atoms with Crippen LogP contribution in [0.15, 0.2) is 72.8 Å². The Labute approximate surface area is 194 Å². The Balaban J connectivity index is 1.58. The highest BCUT2D eigenvalue weighted by Crippen LogP contribution is 2.28. The van der Waals surface area contributed by atoms with Crippen molar-refractivity contribution in [1.29, 1.82) is 0 Å². The van der Waals surface area contributed by atoms with E-state index in [1.807, 2.05) is 59.3 Å². The highest BCUT2D eigenvalue weighted by Gasteiger charge is 2.16. The van der Waals surface area contributed by atoms with E-state index >= 15 is 0 Å². The van der Waals surface area contributed by atoms with Gasteiger partial charge in [-0.25, -0.2) is 13.1 Å². The Morgan fingerprint density at radius 3 is 2.30 bits per heavy atom. The molecule has 0 saturated heterocycles. The van der Waals surface area contributed by atoms with Gasteiger partial charge in [-0.15, -0.1) is 0 Å². The minimum Gasteiger partial charge on any atom is -0.496 e. The molecule has 1 amide bonds. The average molecular weight is 469 g/mol. The molecule has 3 aromatic carbocycles. The molecular formula is C25H28N2O5S. The number of hydrogen-bond acceptors (Lipinski definition) is 6. The number of sulfonamides is 1. The lowest BCUT2D eigenvalue weighted by Crippen LogP contribution is -2.29. The SMILES string of the molecule is COc1cc(-c2ccc(CCNC[C@H](O)c3ccccc3)cc2)ccc1C(=O)NS(C)(=O)=O. The summed E-state index contributed by atoms with van der Waals surface area (Å²) in [6.07, 6.45) is 1.20. The van der Waals surface area contributed by atoms with Gasteiger partial charge in [0.05, 0.1) is 25.0 Å². The maximum atomic E-state index is 12.2. The van der Waals surface area contributed by atoms with E-state index in [-0.39, 0.29) is 5.56 Å². The molecule has 0 saturated carbocycles. The monoisotopic (exact) mass is 468 g/mol. The zero-order chi connectivity index (χ0) is 23.8. The average Bonchev–Trinajstić information content (AvgIpc) is 2.81. The molecule has 0 unspecified atom stereocenters. The van der Waals surface area contributed by atoms with Gasteiger partial charge in [-0.05, 0) is 47.4 Å². The van der Waals surface area contributed by atoms with Crippen LogP contribution < -0.4 is 14.8 Å². The van der Waals surface area contributed by atoms with Gasteiger partial charge < -0.3 is 15.2 Å². The standard InChI is InChI=1S/C25H28N2O5S/c1-32-24-16-21(12-13-22(24)25(29)27-33(2,30)31)19-10-8-18(9-11-19)14-15-26-17-23(28)20-6-4-3-5-7-20/h3-13,16,23,26,28H,14-15,17H2,1-2H3,(H,27,29)/t23-/m0/s1. The molecule has 8 heteroatoms. The zero-order valence-electron chi connectivity index (χ0n) is 18.6. The van der Waals surface area contributed by atoms with Gasteiger partial charge in [0.2, 0.25) is 10.0 Å². The Hall–Kier alpha value is -3.20. The predicted molar refractivity (Wildman–Crippen MR) is 129 cm³/mol. The lowest BCUT2D eigenvalue weighted by atomic mass is 10.0. The molecule has 3 aromatic rings. The summed E-state index contributed by atoms with van der Waals surface area (Å²) >= 11 is 0. The first-order chi connectivity index (χ1) is 15.8. The van der Waals surface area contributed by atoms with E-state index in [0.717, 1.165) is 41.5 Å². The number of aliphatic hydroxyl groups is 1. The van der Waals surface area contributed by atoms with Gasteiger partial charge in [-0.3, -0.25) is 4.79 Å². The van der Waals surface area contributed by atoms with Crippen LogP contribution in [0.2, 0.25) is 0 Å². The van der Waals surface area contributed by atoms with Crippen LogP contribution in [-0.2, 0) is 16.4 Å². The fraction of sp³-hybridized carbons (Fsp3) is 0.240. The van der Waals surface area contributed by atoms with Crippen LogP contribution in [-0.4, -0.2) is 45.9 Å². The Kier molecular flexibility index (Phi) is 8.21. The number of ether oxygens (including phenoxy) is 1. The molecule has 0 bridgehead atoms. The topological polar surface area (TPSA) is 105 Å². The molecule has 0 aliphatic rings. The largest absolute Gasteiger partial charge is 0.496 e. The van der Waals surface area contributed by atoms with Crippen molar-refractivity contribution >= 4 is 15.9 Å². The predicted octanol–water partition coefficient (Wildman–Crippen LogP) is 2.92. The van der Waals surface area contributed by atoms with Crippen molar-refractivity contribution in [3.8, 4) is 16.9 Å². The number of methoxy groups -OCH3 is 1. The first kappa shape index (κ1) is 24.4. The summed E-state index contributed by atoms with van der Waals surface area (Å²) < 4.78 is 29.9. The van der Waals surface area contributed by atoms with Crippen LogP contribution in [0.5, 0.6) is 5.75 Å². The number of nitrogens with one attached hydrogen (secondary N) is 2. The van der Waals surface area contributed by atoms with Crippen molar-refractivity contribution in [1.82, 2.24) is 10.0 Å². The molecule has 1 atom stereocenters. The molecule has 3 N–H and O–H groups in total. The Morgan fingerprint density at radius 2 is 1.67 bits per heavy atom. The number of hydrogen-bond donors (Lipinski definition) is 3. The molecule has 0 aliphatic carbocycles. The van der Waals surface area contributed by atoms with Gasteiger partial charge in [0.1, 0.15) is 5.75 Å². The summed E-state index contributed by atoms with van der Waals surface area (Å²) in [7, 11) is -2.23. The van der Waals surface area contributed by atoms with E-state index in [0.29, 0.717) is 12.3 Å². The number of carbonyl (C=O) groups excluding carboxylic acids is 1. The van der Waals surface area contributed by atoms with Crippen molar-refractivity contribution in [3.63, 3.8) is 0 Å². The number of benzene rings is 3. The van der Waals surface area contributed by atoms with Gasteiger partial charge in [0.25, 0.3) is 5.91 Å². The van der Waals surface area contributed by atoms with Crippen molar-refractivity contribution in [2.45, 2.75) is 12.5 Å². The minimum atomic E-state index is -3.67. The highest BCUT2D eigenvalue weighted by molar-refractivity contribution is 7.89. The van der Waals surface area contributed by atoms with E-state index in [4.69, 9.17) is 4.74 Å². The molecule has 7 nitrogen and oxygen atoms in total. The summed E-state index contributed by atoms with van der Waals surface area (Å²) in [5.41, 5.74) is 3.98. The molecule has 0 fully saturated rings. The summed E-state index contributed by atoms with van der Waals surface area (Å²) in [5.74, 6) is -0.444. The Bertz CT molecular complexity index is 1180. The second-order valence-corrected chi connectivity index (χ2v) is 9.44. The fourth-order valence-corrected chi connectivity index (χ4v) is 3.86. The first-order valence-electron chi connectivity index (χ1n) is 10.5. The summed E-state index contributed by atoms with van der Waals surface area (Å²) in [4.78, 5) is 12.2. The van der Waals surface area contributed by atoms with Crippen molar-refractivity contribution in [2.75, 3.05) is 26.5 Å². The van der Waals surface area contributed by atoms with Gasteiger partial charge >= 0.3 is 0 Å². The number of amides is 1. The van der Waals surface area contributed by atoms with Crippen LogP contribution in [0.1, 0.15) is 27.6 Å². The number of aliphatic hydroxyl groups excluding tert-OH is 1. The van der Waals surface area contributed by atoms with E-state index in [1.54, 1.807) is 18.2 Å². The summed E-state index contributed by atoms with van der Waals surface area (Å²) in [5, 5.41) is 13.5. The van der Waals surface area contributed by atoms with Crippen LogP contribution in [0.4, 0.5) is 0 Å². The van der Waals surface area contributed by atoms with Gasteiger partial charge in [-0.1, -0.05) is 60.7 Å². The molecular weight excluding hydrogens is 440 g/mol. The molecule has 0 spiro atoms. The summed E-state index contributed by atoms with van der Waals surface area (Å²) in [6.45, 7) is 1.22. The van der Waals surface area contributed by atoms with E-state index < -0.39 is 22.0 Å². The lowest BCUT2D eigenvalue weighted by Gasteiger charge is -2.13. The third-order valence-corrected chi connectivity index (χ3v) is 5.68. The number of rotatable bonds is 10. The molecule has 0 heterocycles. The van der Waals surface area contributed by atoms with Crippen LogP contribution >= 0.6 is 0 Å². The van der Waals surface area contributed by atoms with Crippen LogP contribution in [0.3, 0.4) is 0 Å². The van der Waals surface area contributed by atoms with Crippen molar-refractivity contribution in [3.05, 3.63) is 89.5 Å². The molecule has 0 aromatic heterocycles. The Morgan fingerprint density at radius 1 is 1.00 bits per heavy atom. The number of carbonyl (C=O) groups is 1. The third kappa shape index (κ3) is 7.15. The second-order valence-electron chi connectivity index (χ2n) is 7.70. The lowest BCUT2D eigenvalue weighted by molar-refractivity contribution is 0.0978. The van der Waals surface area contributed by atoms with E-state index in [9.17, 15) is 18.3 Å². The normalized spacial score (nSPS) is 12.2. The minimum absolute atomic E-state index is 0.145. The molecule has 174 valence electrons. The van der Waals surface area contributed by atoms with Gasteiger partial charge in [0.15, 0.2) is 0 Å². The van der Waals surface area contributed by atoms with Crippen LogP contribution in [0.25, 0.3) is 11.1 Å². The van der Waals surface area contributed by atoms with Gasteiger partial charge in [-0.2, -0.15) is 0 Å². The fourth-order valence-electron chi connectivity index (χ4n) is 3.41. The van der Waals surface area contributed by atoms with E-state index in [2.05, 4.69) is 5.32 Å². The second kappa shape index (κ2) is 11.1. The third-order valence-electron chi connectivity index (χ3n) is 5.12. The molecule has 0 radical (unpaired) electrons. The summed E-state index contributed by atoms with van der Waals surface area (Å²) in [6, 6.07) is 22.6. The van der Waals surface area contributed by atoms with Crippen molar-refractivity contribution < 1.29 is 23.1 Å². The van der Waals surface area contributed by atoms with E-state index in [1.165, 1.54) is 7.11 Å². The molecule has 33 heavy (non-hydrogen) atoms. The molecule has 3 rings (SSSR count). The quantitative estimate of drug-likeness (QED) is 0.395. The maximum absolute atomic E-state index is 12.2. The zero-order valence-corrected chi connectivity index (χ0v) is 19.4. The highest BCUT2D eigenvalue weighted by atomic mass is 32.2. The smallest absolute Gasteiger partial charge is 0.268 e. The van der Waals surface area contributed by atoms with Crippen LogP contribution in [0, 0.1) is 0 Å². The maximum Gasteiger partial charge on any atom is 0.268 e.